The minimum absolute atomic E-state index is 0.268. The van der Waals surface area contributed by atoms with E-state index in [0.29, 0.717) is 6.61 Å². The van der Waals surface area contributed by atoms with Crippen molar-refractivity contribution in [1.29, 1.82) is 0 Å². The van der Waals surface area contributed by atoms with Crippen molar-refractivity contribution in [2.45, 2.75) is 0 Å². The standard InChI is InChI=1S/C8H15BrNO2/c1-7(9)8(11)12-6-5-10(2,3)4/h1,5-6H2,2-4H3/q+1. The molecular weight excluding hydrogens is 222 g/mol. The second kappa shape index (κ2) is 4.62. The van der Waals surface area contributed by atoms with Gasteiger partial charge in [0.1, 0.15) is 13.2 Å². The van der Waals surface area contributed by atoms with Crippen molar-refractivity contribution in [2.24, 2.45) is 0 Å². The zero-order valence-electron chi connectivity index (χ0n) is 7.76. The normalized spacial score (nSPS) is 11.0. The van der Waals surface area contributed by atoms with Gasteiger partial charge in [-0.1, -0.05) is 6.58 Å². The van der Waals surface area contributed by atoms with E-state index in [0.717, 1.165) is 11.0 Å². The molecule has 0 aliphatic heterocycles. The summed E-state index contributed by atoms with van der Waals surface area (Å²) < 4.78 is 5.93. The van der Waals surface area contributed by atoms with E-state index in [1.54, 1.807) is 0 Å². The van der Waals surface area contributed by atoms with Crippen LogP contribution in [-0.4, -0.2) is 44.7 Å². The minimum atomic E-state index is -0.386. The number of hydrogen-bond acceptors (Lipinski definition) is 2. The topological polar surface area (TPSA) is 26.3 Å². The number of likely N-dealkylation sites (N-methyl/N-ethyl adjacent to an activating group) is 1. The molecule has 0 aliphatic carbocycles. The molecule has 0 saturated heterocycles. The van der Waals surface area contributed by atoms with Crippen molar-refractivity contribution in [3.8, 4) is 0 Å². The van der Waals surface area contributed by atoms with Crippen LogP contribution < -0.4 is 0 Å². The van der Waals surface area contributed by atoms with Gasteiger partial charge in [0.25, 0.3) is 0 Å². The summed E-state index contributed by atoms with van der Waals surface area (Å²) in [5.74, 6) is -0.386. The molecule has 3 nitrogen and oxygen atoms in total. The van der Waals surface area contributed by atoms with Gasteiger partial charge in [-0.25, -0.2) is 4.79 Å². The molecule has 0 rings (SSSR count). The first-order chi connectivity index (χ1) is 5.33. The Morgan fingerprint density at radius 3 is 2.33 bits per heavy atom. The summed E-state index contributed by atoms with van der Waals surface area (Å²) in [6, 6.07) is 0. The van der Waals surface area contributed by atoms with Gasteiger partial charge in [-0.2, -0.15) is 0 Å². The second-order valence-corrected chi connectivity index (χ2v) is 4.51. The molecule has 0 aliphatic rings. The third-order valence-corrected chi connectivity index (χ3v) is 1.54. The minimum Gasteiger partial charge on any atom is -0.456 e. The van der Waals surface area contributed by atoms with Gasteiger partial charge >= 0.3 is 5.97 Å². The van der Waals surface area contributed by atoms with E-state index in [1.807, 2.05) is 21.1 Å². The first-order valence-electron chi connectivity index (χ1n) is 3.65. The number of hydrogen-bond donors (Lipinski definition) is 0. The number of carbonyl (C=O) groups excluding carboxylic acids is 1. The molecule has 0 aromatic carbocycles. The monoisotopic (exact) mass is 236 g/mol. The van der Waals surface area contributed by atoms with Crippen LogP contribution in [-0.2, 0) is 9.53 Å². The molecule has 0 N–H and O–H groups in total. The lowest BCUT2D eigenvalue weighted by atomic mass is 10.5. The highest BCUT2D eigenvalue weighted by molar-refractivity contribution is 9.12. The molecule has 70 valence electrons. The van der Waals surface area contributed by atoms with E-state index in [4.69, 9.17) is 4.74 Å². The molecule has 12 heavy (non-hydrogen) atoms. The molecular formula is C8H15BrNO2+. The number of carbonyl (C=O) groups is 1. The molecule has 0 fully saturated rings. The Balaban J connectivity index is 3.58. The van der Waals surface area contributed by atoms with Crippen LogP contribution in [0.1, 0.15) is 0 Å². The van der Waals surface area contributed by atoms with E-state index in [2.05, 4.69) is 22.5 Å². The van der Waals surface area contributed by atoms with Crippen LogP contribution in [0, 0.1) is 0 Å². The maximum Gasteiger partial charge on any atom is 0.344 e. The molecule has 0 aromatic heterocycles. The molecule has 0 spiro atoms. The number of nitrogens with zero attached hydrogens (tertiary/aromatic N) is 1. The van der Waals surface area contributed by atoms with E-state index in [9.17, 15) is 4.79 Å². The van der Waals surface area contributed by atoms with Crippen LogP contribution in [0.15, 0.2) is 11.1 Å². The van der Waals surface area contributed by atoms with Crippen LogP contribution in [0.3, 0.4) is 0 Å². The van der Waals surface area contributed by atoms with Crippen LogP contribution >= 0.6 is 15.9 Å². The van der Waals surface area contributed by atoms with E-state index in [-0.39, 0.29) is 10.5 Å². The third-order valence-electron chi connectivity index (χ3n) is 1.22. The van der Waals surface area contributed by atoms with Gasteiger partial charge in [-0.3, -0.25) is 0 Å². The Hall–Kier alpha value is -0.350. The first kappa shape index (κ1) is 11.6. The zero-order chi connectivity index (χ0) is 9.78. The van der Waals surface area contributed by atoms with Gasteiger partial charge in [0.05, 0.1) is 25.6 Å². The van der Waals surface area contributed by atoms with Crippen LogP contribution in [0.4, 0.5) is 0 Å². The van der Waals surface area contributed by atoms with E-state index in [1.165, 1.54) is 0 Å². The summed E-state index contributed by atoms with van der Waals surface area (Å²) in [7, 11) is 6.12. The predicted molar refractivity (Wildman–Crippen MR) is 51.9 cm³/mol. The average molecular weight is 237 g/mol. The van der Waals surface area contributed by atoms with Crippen LogP contribution in [0.25, 0.3) is 0 Å². The number of rotatable bonds is 4. The second-order valence-electron chi connectivity index (χ2n) is 3.55. The molecule has 0 aromatic rings. The Morgan fingerprint density at radius 2 is 2.00 bits per heavy atom. The highest BCUT2D eigenvalue weighted by atomic mass is 79.9. The summed E-state index contributed by atoms with van der Waals surface area (Å²) >= 11 is 2.95. The van der Waals surface area contributed by atoms with Crippen molar-refractivity contribution < 1.29 is 14.0 Å². The molecule has 0 amide bonds. The largest absolute Gasteiger partial charge is 0.456 e. The maximum atomic E-state index is 10.9. The number of esters is 1. The van der Waals surface area contributed by atoms with Crippen LogP contribution in [0.5, 0.6) is 0 Å². The smallest absolute Gasteiger partial charge is 0.344 e. The zero-order valence-corrected chi connectivity index (χ0v) is 9.35. The van der Waals surface area contributed by atoms with Crippen molar-refractivity contribution in [1.82, 2.24) is 0 Å². The van der Waals surface area contributed by atoms with Gasteiger partial charge in [0, 0.05) is 0 Å². The highest BCUT2D eigenvalue weighted by Gasteiger charge is 2.09. The Bertz CT molecular complexity index is 184. The number of ether oxygens (including phenoxy) is 1. The number of halogens is 1. The van der Waals surface area contributed by atoms with Gasteiger partial charge in [0.15, 0.2) is 0 Å². The van der Waals surface area contributed by atoms with Crippen molar-refractivity contribution in [3.63, 3.8) is 0 Å². The first-order valence-corrected chi connectivity index (χ1v) is 4.44. The summed E-state index contributed by atoms with van der Waals surface area (Å²) in [6.07, 6.45) is 0. The SMILES string of the molecule is C=C(Br)C(=O)OCC[N+](C)(C)C. The Kier molecular flexibility index (Phi) is 4.49. The van der Waals surface area contributed by atoms with Crippen molar-refractivity contribution in [2.75, 3.05) is 34.3 Å². The number of quaternary nitrogens is 1. The fourth-order valence-electron chi connectivity index (χ4n) is 0.491. The van der Waals surface area contributed by atoms with Crippen LogP contribution in [0.2, 0.25) is 0 Å². The van der Waals surface area contributed by atoms with Crippen molar-refractivity contribution in [3.05, 3.63) is 11.1 Å². The highest BCUT2D eigenvalue weighted by Crippen LogP contribution is 2.03. The average Bonchev–Trinajstić information content (AvgIpc) is 1.84. The van der Waals surface area contributed by atoms with Crippen molar-refractivity contribution >= 4 is 21.9 Å². The molecule has 0 atom stereocenters. The fraction of sp³-hybridized carbons (Fsp3) is 0.625. The van der Waals surface area contributed by atoms with Gasteiger partial charge in [0.2, 0.25) is 0 Å². The lowest BCUT2D eigenvalue weighted by Crippen LogP contribution is -2.38. The van der Waals surface area contributed by atoms with E-state index < -0.39 is 0 Å². The summed E-state index contributed by atoms with van der Waals surface area (Å²) in [5.41, 5.74) is 0. The summed E-state index contributed by atoms with van der Waals surface area (Å²) in [4.78, 5) is 10.9. The van der Waals surface area contributed by atoms with E-state index >= 15 is 0 Å². The fourth-order valence-corrected chi connectivity index (χ4v) is 0.605. The molecule has 0 unspecified atom stereocenters. The summed E-state index contributed by atoms with van der Waals surface area (Å²) in [5, 5.41) is 0. The molecule has 0 heterocycles. The molecule has 4 heteroatoms. The molecule has 0 radical (unpaired) electrons. The summed E-state index contributed by atoms with van der Waals surface area (Å²) in [6.45, 7) is 4.63. The Labute approximate surface area is 81.7 Å². The maximum absolute atomic E-state index is 10.9. The molecule has 0 bridgehead atoms. The quantitative estimate of drug-likeness (QED) is 0.416. The Morgan fingerprint density at radius 1 is 1.50 bits per heavy atom. The predicted octanol–water partition coefficient (Wildman–Crippen LogP) is 1.14. The lowest BCUT2D eigenvalue weighted by Gasteiger charge is -2.23. The third kappa shape index (κ3) is 6.37. The lowest BCUT2D eigenvalue weighted by molar-refractivity contribution is -0.870. The van der Waals surface area contributed by atoms with Gasteiger partial charge in [-0.05, 0) is 15.9 Å². The van der Waals surface area contributed by atoms with Gasteiger partial charge in [-0.15, -0.1) is 0 Å². The molecule has 0 saturated carbocycles. The van der Waals surface area contributed by atoms with Gasteiger partial charge < -0.3 is 9.22 Å².